The Morgan fingerprint density at radius 1 is 1.09 bits per heavy atom. The summed E-state index contributed by atoms with van der Waals surface area (Å²) >= 11 is 0. The van der Waals surface area contributed by atoms with Crippen molar-refractivity contribution in [3.63, 3.8) is 0 Å². The fraction of sp³-hybridized carbons (Fsp3) is 0.686. The number of rotatable bonds is 4. The van der Waals surface area contributed by atoms with Crippen LogP contribution in [0.1, 0.15) is 73.1 Å². The first-order chi connectivity index (χ1) is 20.5. The van der Waals surface area contributed by atoms with Gasteiger partial charge in [0.15, 0.2) is 0 Å². The van der Waals surface area contributed by atoms with Gasteiger partial charge in [0.25, 0.3) is 5.91 Å². The molecule has 2 bridgehead atoms. The molecule has 232 valence electrons. The molecule has 8 nitrogen and oxygen atoms in total. The number of nitrogens with zero attached hydrogens (tertiary/aromatic N) is 2. The maximum absolute atomic E-state index is 13.9. The van der Waals surface area contributed by atoms with Gasteiger partial charge < -0.3 is 19.1 Å². The zero-order valence-corrected chi connectivity index (χ0v) is 26.4. The van der Waals surface area contributed by atoms with Crippen LogP contribution in [0.15, 0.2) is 42.0 Å². The lowest BCUT2D eigenvalue weighted by Crippen LogP contribution is -2.67. The van der Waals surface area contributed by atoms with Gasteiger partial charge in [0, 0.05) is 31.4 Å². The molecule has 3 saturated carbocycles. The van der Waals surface area contributed by atoms with Gasteiger partial charge in [-0.1, -0.05) is 57.5 Å². The van der Waals surface area contributed by atoms with Gasteiger partial charge in [-0.05, 0) is 73.8 Å². The van der Waals surface area contributed by atoms with Gasteiger partial charge in [0.05, 0.1) is 17.9 Å². The molecular formula is C35H46N2O6. The largest absolute Gasteiger partial charge is 0.462 e. The maximum Gasteiger partial charge on any atom is 0.332 e. The molecule has 1 aromatic carbocycles. The third kappa shape index (κ3) is 3.78. The number of methoxy groups -OCH3 is 1. The minimum Gasteiger partial charge on any atom is -0.462 e. The van der Waals surface area contributed by atoms with E-state index in [0.29, 0.717) is 31.0 Å². The van der Waals surface area contributed by atoms with Crippen molar-refractivity contribution in [1.82, 2.24) is 4.90 Å². The SMILES string of the molecule is CO[C@H]1C[C@@]23CCC(C)[C@@](C)([C@H](OC(C)=O)C[C@@H](C4=CCCC5C(=O)N(c6ccccc6)C(=O)N5C4)[C@@H]2C)[C@]3(C)C2OC21. The van der Waals surface area contributed by atoms with E-state index in [1.165, 1.54) is 17.4 Å². The van der Waals surface area contributed by atoms with Crippen LogP contribution in [0.3, 0.4) is 0 Å². The normalized spacial score (nSPS) is 45.3. The molecule has 3 aliphatic heterocycles. The minimum atomic E-state index is -0.472. The summed E-state index contributed by atoms with van der Waals surface area (Å²) in [7, 11) is 1.80. The Morgan fingerprint density at radius 3 is 2.53 bits per heavy atom. The van der Waals surface area contributed by atoms with Crippen LogP contribution in [-0.2, 0) is 23.8 Å². The number of fused-ring (bicyclic) bond motifs is 2. The summed E-state index contributed by atoms with van der Waals surface area (Å²) in [5.41, 5.74) is 1.19. The van der Waals surface area contributed by atoms with Crippen molar-refractivity contribution >= 4 is 23.6 Å². The quantitative estimate of drug-likeness (QED) is 0.192. The smallest absolute Gasteiger partial charge is 0.332 e. The number of imide groups is 1. The van der Waals surface area contributed by atoms with E-state index in [0.717, 1.165) is 25.7 Å². The van der Waals surface area contributed by atoms with E-state index in [4.69, 9.17) is 14.2 Å². The second kappa shape index (κ2) is 9.90. The summed E-state index contributed by atoms with van der Waals surface area (Å²) in [6, 6.07) is 8.52. The third-order valence-corrected chi connectivity index (χ3v) is 13.5. The first-order valence-electron chi connectivity index (χ1n) is 16.2. The van der Waals surface area contributed by atoms with Crippen LogP contribution in [0, 0.1) is 34.0 Å². The predicted molar refractivity (Wildman–Crippen MR) is 161 cm³/mol. The maximum atomic E-state index is 13.9. The number of carbonyl (C=O) groups excluding carboxylic acids is 3. The average molecular weight is 591 g/mol. The second-order valence-electron chi connectivity index (χ2n) is 14.6. The van der Waals surface area contributed by atoms with E-state index < -0.39 is 6.04 Å². The highest BCUT2D eigenvalue weighted by Gasteiger charge is 2.79. The number of urea groups is 1. The number of ether oxygens (including phenoxy) is 3. The van der Waals surface area contributed by atoms with Gasteiger partial charge >= 0.3 is 12.0 Å². The number of anilines is 1. The zero-order valence-electron chi connectivity index (χ0n) is 26.4. The van der Waals surface area contributed by atoms with E-state index in [2.05, 4.69) is 33.8 Å². The summed E-state index contributed by atoms with van der Waals surface area (Å²) in [4.78, 5) is 43.3. The minimum absolute atomic E-state index is 0.0359. The molecule has 0 radical (unpaired) electrons. The first kappa shape index (κ1) is 29.0. The molecular weight excluding hydrogens is 544 g/mol. The summed E-state index contributed by atoms with van der Waals surface area (Å²) < 4.78 is 19.0. The van der Waals surface area contributed by atoms with Gasteiger partial charge in [-0.15, -0.1) is 0 Å². The number of para-hydroxylation sites is 1. The number of benzene rings is 1. The number of epoxide rings is 1. The first-order valence-corrected chi connectivity index (χ1v) is 16.2. The molecule has 0 N–H and O–H groups in total. The topological polar surface area (TPSA) is 88.7 Å². The van der Waals surface area contributed by atoms with Crippen molar-refractivity contribution in [3.8, 4) is 0 Å². The average Bonchev–Trinajstić information content (AvgIpc) is 3.79. The monoisotopic (exact) mass is 590 g/mol. The van der Waals surface area contributed by atoms with Crippen molar-refractivity contribution in [3.05, 3.63) is 42.0 Å². The number of hydrogen-bond donors (Lipinski definition) is 0. The van der Waals surface area contributed by atoms with E-state index in [9.17, 15) is 14.4 Å². The Labute approximate surface area is 255 Å². The molecule has 2 saturated heterocycles. The predicted octanol–water partition coefficient (Wildman–Crippen LogP) is 5.75. The molecule has 3 aliphatic carbocycles. The van der Waals surface area contributed by atoms with E-state index >= 15 is 0 Å². The van der Waals surface area contributed by atoms with E-state index in [1.807, 2.05) is 30.3 Å². The summed E-state index contributed by atoms with van der Waals surface area (Å²) in [5, 5.41) is 0. The fourth-order valence-corrected chi connectivity index (χ4v) is 10.9. The zero-order chi connectivity index (χ0) is 30.5. The van der Waals surface area contributed by atoms with Gasteiger partial charge in [-0.2, -0.15) is 0 Å². The standard InChI is InChI=1S/C35H46N2O6/c1-20-15-16-35-18-27(41-6)29-30(43-29)34(35,5)33(20,4)28(42-22(3)38)17-25(21(35)2)23-11-10-14-26-31(39)37(32(40)36(26)19-23)24-12-8-7-9-13-24/h7-9,11-13,20-21,25-30H,10,14-19H2,1-6H3/t20?,21-,25+,26?,27-,28+,29?,30?,33-,34-,35-/m0/s1. The van der Waals surface area contributed by atoms with Crippen molar-refractivity contribution in [2.45, 2.75) is 104 Å². The number of allylic oxidation sites excluding steroid dienone is 1. The van der Waals surface area contributed by atoms with E-state index in [-0.39, 0.29) is 70.4 Å². The summed E-state index contributed by atoms with van der Waals surface area (Å²) in [6.45, 7) is 11.4. The van der Waals surface area contributed by atoms with Crippen LogP contribution >= 0.6 is 0 Å². The molecule has 1 aromatic rings. The Morgan fingerprint density at radius 2 is 1.84 bits per heavy atom. The van der Waals surface area contributed by atoms with Crippen molar-refractivity contribution in [2.75, 3.05) is 18.6 Å². The highest BCUT2D eigenvalue weighted by molar-refractivity contribution is 6.21. The van der Waals surface area contributed by atoms with E-state index in [1.54, 1.807) is 12.0 Å². The molecule has 4 unspecified atom stereocenters. The van der Waals surface area contributed by atoms with Gasteiger partial charge in [0.2, 0.25) is 0 Å². The molecule has 7 rings (SSSR count). The lowest BCUT2D eigenvalue weighted by atomic mass is 9.36. The number of esters is 1. The van der Waals surface area contributed by atoms with Crippen LogP contribution in [0.5, 0.6) is 0 Å². The van der Waals surface area contributed by atoms with Crippen LogP contribution in [0.2, 0.25) is 0 Å². The van der Waals surface area contributed by atoms with Crippen molar-refractivity contribution in [1.29, 1.82) is 0 Å². The molecule has 3 amide bonds. The molecule has 0 spiro atoms. The molecule has 0 aromatic heterocycles. The van der Waals surface area contributed by atoms with Gasteiger partial charge in [-0.3, -0.25) is 9.59 Å². The lowest BCUT2D eigenvalue weighted by molar-refractivity contribution is -0.227. The Bertz CT molecular complexity index is 1360. The van der Waals surface area contributed by atoms with Crippen molar-refractivity contribution in [2.24, 2.45) is 34.0 Å². The highest BCUT2D eigenvalue weighted by Crippen LogP contribution is 2.78. The fourth-order valence-electron chi connectivity index (χ4n) is 10.9. The summed E-state index contributed by atoms with van der Waals surface area (Å²) in [5.74, 6) is 0.256. The molecule has 8 heteroatoms. The Hall–Kier alpha value is -2.71. The van der Waals surface area contributed by atoms with Crippen LogP contribution in [0.25, 0.3) is 0 Å². The molecule has 5 fully saturated rings. The van der Waals surface area contributed by atoms with Crippen molar-refractivity contribution < 1.29 is 28.6 Å². The Kier molecular flexibility index (Phi) is 6.68. The number of carbonyl (C=O) groups is 3. The van der Waals surface area contributed by atoms with Gasteiger partial charge in [0.1, 0.15) is 18.2 Å². The molecule has 11 atom stereocenters. The Balaban J connectivity index is 1.30. The lowest BCUT2D eigenvalue weighted by Gasteiger charge is -2.67. The summed E-state index contributed by atoms with van der Waals surface area (Å²) in [6.07, 6.45) is 7.23. The molecule has 6 aliphatic rings. The molecule has 43 heavy (non-hydrogen) atoms. The number of hydrogen-bond acceptors (Lipinski definition) is 6. The molecule has 3 heterocycles. The van der Waals surface area contributed by atoms with Crippen LogP contribution in [0.4, 0.5) is 10.5 Å². The third-order valence-electron chi connectivity index (χ3n) is 13.5. The highest BCUT2D eigenvalue weighted by atomic mass is 16.6. The second-order valence-corrected chi connectivity index (χ2v) is 14.6. The van der Waals surface area contributed by atoms with Crippen LogP contribution in [-0.4, -0.2) is 66.9 Å². The van der Waals surface area contributed by atoms with Gasteiger partial charge in [-0.25, -0.2) is 9.69 Å². The number of amides is 3. The van der Waals surface area contributed by atoms with Crippen LogP contribution < -0.4 is 4.90 Å².